The van der Waals surface area contributed by atoms with Crippen LogP contribution >= 0.6 is 0 Å². The number of hydrogen-bond acceptors (Lipinski definition) is 3. The Morgan fingerprint density at radius 2 is 1.44 bits per heavy atom. The van der Waals surface area contributed by atoms with E-state index in [0.717, 1.165) is 18.5 Å². The number of carbonyl (C=O) groups excluding carboxylic acids is 3. The first kappa shape index (κ1) is 18.4. The highest BCUT2D eigenvalue weighted by Gasteiger charge is 2.23. The van der Waals surface area contributed by atoms with Crippen LogP contribution in [-0.2, 0) is 4.79 Å². The molecule has 4 amide bonds. The molecule has 27 heavy (non-hydrogen) atoms. The molecule has 1 aliphatic rings. The van der Waals surface area contributed by atoms with Crippen molar-refractivity contribution < 1.29 is 14.4 Å². The van der Waals surface area contributed by atoms with Gasteiger partial charge in [0.25, 0.3) is 5.91 Å². The molecule has 7 heteroatoms. The molecular formula is C20H22N4O3. The van der Waals surface area contributed by atoms with Gasteiger partial charge in [0.1, 0.15) is 0 Å². The van der Waals surface area contributed by atoms with Gasteiger partial charge in [-0.15, -0.1) is 0 Å². The van der Waals surface area contributed by atoms with Crippen LogP contribution in [0.2, 0.25) is 0 Å². The quantitative estimate of drug-likeness (QED) is 0.759. The summed E-state index contributed by atoms with van der Waals surface area (Å²) in [4.78, 5) is 37.0. The highest BCUT2D eigenvalue weighted by Crippen LogP contribution is 2.20. The van der Waals surface area contributed by atoms with Crippen molar-refractivity contribution in [2.75, 3.05) is 22.6 Å². The molecule has 0 radical (unpaired) electrons. The summed E-state index contributed by atoms with van der Waals surface area (Å²) in [6.45, 7) is 1.49. The Balaban J connectivity index is 1.57. The lowest BCUT2D eigenvalue weighted by Gasteiger charge is -2.15. The van der Waals surface area contributed by atoms with E-state index in [1.54, 1.807) is 55.6 Å². The number of carbonyl (C=O) groups is 3. The van der Waals surface area contributed by atoms with Crippen LogP contribution in [0.25, 0.3) is 0 Å². The summed E-state index contributed by atoms with van der Waals surface area (Å²) in [6.07, 6.45) is 2.05. The van der Waals surface area contributed by atoms with Crippen molar-refractivity contribution in [2.45, 2.75) is 25.8 Å². The second kappa shape index (κ2) is 7.90. The smallest absolute Gasteiger partial charge is 0.319 e. The largest absolute Gasteiger partial charge is 0.335 e. The fraction of sp³-hybridized carbons (Fsp3) is 0.250. The van der Waals surface area contributed by atoms with E-state index < -0.39 is 0 Å². The first-order chi connectivity index (χ1) is 12.9. The first-order valence-electron chi connectivity index (χ1n) is 8.75. The zero-order chi connectivity index (χ0) is 19.4. The van der Waals surface area contributed by atoms with Crippen LogP contribution in [0.5, 0.6) is 0 Å². The van der Waals surface area contributed by atoms with Gasteiger partial charge >= 0.3 is 6.03 Å². The van der Waals surface area contributed by atoms with E-state index in [1.165, 1.54) is 11.8 Å². The Bertz CT molecular complexity index is 843. The van der Waals surface area contributed by atoms with Crippen LogP contribution in [0.15, 0.2) is 48.5 Å². The van der Waals surface area contributed by atoms with Gasteiger partial charge in [0.2, 0.25) is 5.91 Å². The minimum Gasteiger partial charge on any atom is -0.335 e. The van der Waals surface area contributed by atoms with Gasteiger partial charge in [0.05, 0.1) is 0 Å². The second-order valence-corrected chi connectivity index (χ2v) is 6.53. The molecule has 1 fully saturated rings. The van der Waals surface area contributed by atoms with Crippen LogP contribution in [-0.4, -0.2) is 30.9 Å². The Morgan fingerprint density at radius 3 is 2.00 bits per heavy atom. The minimum atomic E-state index is -0.253. The van der Waals surface area contributed by atoms with Gasteiger partial charge < -0.3 is 20.9 Å². The van der Waals surface area contributed by atoms with Gasteiger partial charge in [-0.05, 0) is 61.4 Å². The number of nitrogens with one attached hydrogen (secondary N) is 3. The molecule has 0 unspecified atom stereocenters. The van der Waals surface area contributed by atoms with Gasteiger partial charge in [0.15, 0.2) is 0 Å². The predicted molar refractivity (Wildman–Crippen MR) is 105 cm³/mol. The summed E-state index contributed by atoms with van der Waals surface area (Å²) in [5.41, 5.74) is 2.49. The SMILES string of the molecule is CC(=O)N(C)c1ccc(NC(=O)c2ccc(NC(=O)NC3CC3)cc2)cc1. The molecule has 140 valence electrons. The van der Waals surface area contributed by atoms with Crippen LogP contribution in [0, 0.1) is 0 Å². The average Bonchev–Trinajstić information content (AvgIpc) is 3.46. The molecule has 2 aromatic carbocycles. The molecule has 1 saturated carbocycles. The number of amides is 4. The first-order valence-corrected chi connectivity index (χ1v) is 8.75. The van der Waals surface area contributed by atoms with E-state index in [0.29, 0.717) is 16.9 Å². The zero-order valence-corrected chi connectivity index (χ0v) is 15.3. The van der Waals surface area contributed by atoms with E-state index in [1.807, 2.05) is 0 Å². The molecule has 0 saturated heterocycles. The Labute approximate surface area is 157 Å². The van der Waals surface area contributed by atoms with Crippen LogP contribution in [0.4, 0.5) is 21.9 Å². The van der Waals surface area contributed by atoms with Crippen LogP contribution in [0.1, 0.15) is 30.1 Å². The van der Waals surface area contributed by atoms with Gasteiger partial charge in [0, 0.05) is 42.6 Å². The molecule has 7 nitrogen and oxygen atoms in total. The standard InChI is InChI=1S/C20H22N4O3/c1-13(25)24(2)18-11-9-15(10-12-18)21-19(26)14-3-5-16(6-4-14)22-20(27)23-17-7-8-17/h3-6,9-12,17H,7-8H2,1-2H3,(H,21,26)(H2,22,23,27). The molecule has 2 aromatic rings. The number of benzene rings is 2. The van der Waals surface area contributed by atoms with Crippen molar-refractivity contribution in [3.8, 4) is 0 Å². The fourth-order valence-corrected chi connectivity index (χ4v) is 2.44. The van der Waals surface area contributed by atoms with Crippen LogP contribution < -0.4 is 20.9 Å². The Hall–Kier alpha value is -3.35. The highest BCUT2D eigenvalue weighted by atomic mass is 16.2. The maximum absolute atomic E-state index is 12.4. The van der Waals surface area contributed by atoms with E-state index in [2.05, 4.69) is 16.0 Å². The molecule has 0 bridgehead atoms. The summed E-state index contributed by atoms with van der Waals surface area (Å²) >= 11 is 0. The van der Waals surface area contributed by atoms with Crippen molar-refractivity contribution >= 4 is 34.9 Å². The number of anilines is 3. The van der Waals surface area contributed by atoms with E-state index in [9.17, 15) is 14.4 Å². The second-order valence-electron chi connectivity index (χ2n) is 6.53. The van der Waals surface area contributed by atoms with E-state index in [-0.39, 0.29) is 23.9 Å². The molecule has 1 aliphatic carbocycles. The number of hydrogen-bond donors (Lipinski definition) is 3. The van der Waals surface area contributed by atoms with Gasteiger partial charge in [-0.3, -0.25) is 9.59 Å². The van der Waals surface area contributed by atoms with Crippen molar-refractivity contribution in [3.63, 3.8) is 0 Å². The summed E-state index contributed by atoms with van der Waals surface area (Å²) in [5.74, 6) is -0.317. The Kier molecular flexibility index (Phi) is 5.40. The lowest BCUT2D eigenvalue weighted by atomic mass is 10.2. The third-order valence-electron chi connectivity index (χ3n) is 4.30. The zero-order valence-electron chi connectivity index (χ0n) is 15.3. The lowest BCUT2D eigenvalue weighted by Crippen LogP contribution is -2.30. The molecule has 3 N–H and O–H groups in total. The van der Waals surface area contributed by atoms with Crippen molar-refractivity contribution in [2.24, 2.45) is 0 Å². The fourth-order valence-electron chi connectivity index (χ4n) is 2.44. The molecular weight excluding hydrogens is 344 g/mol. The van der Waals surface area contributed by atoms with Crippen molar-refractivity contribution in [1.82, 2.24) is 5.32 Å². The summed E-state index contributed by atoms with van der Waals surface area (Å²) in [7, 11) is 1.69. The Morgan fingerprint density at radius 1 is 0.889 bits per heavy atom. The topological polar surface area (TPSA) is 90.5 Å². The molecule has 0 atom stereocenters. The maximum Gasteiger partial charge on any atom is 0.319 e. The summed E-state index contributed by atoms with van der Waals surface area (Å²) < 4.78 is 0. The van der Waals surface area contributed by atoms with Crippen molar-refractivity contribution in [3.05, 3.63) is 54.1 Å². The third-order valence-corrected chi connectivity index (χ3v) is 4.30. The van der Waals surface area contributed by atoms with Gasteiger partial charge in [-0.2, -0.15) is 0 Å². The molecule has 3 rings (SSSR count). The molecule has 0 heterocycles. The van der Waals surface area contributed by atoms with Gasteiger partial charge in [-0.1, -0.05) is 0 Å². The molecule has 0 aromatic heterocycles. The lowest BCUT2D eigenvalue weighted by molar-refractivity contribution is -0.116. The summed E-state index contributed by atoms with van der Waals surface area (Å²) in [6, 6.07) is 13.8. The third kappa shape index (κ3) is 5.07. The number of rotatable bonds is 5. The van der Waals surface area contributed by atoms with E-state index >= 15 is 0 Å². The number of nitrogens with zero attached hydrogens (tertiary/aromatic N) is 1. The predicted octanol–water partition coefficient (Wildman–Crippen LogP) is 3.21. The van der Waals surface area contributed by atoms with Crippen molar-refractivity contribution in [1.29, 1.82) is 0 Å². The number of urea groups is 1. The monoisotopic (exact) mass is 366 g/mol. The van der Waals surface area contributed by atoms with E-state index in [4.69, 9.17) is 0 Å². The molecule has 0 aliphatic heterocycles. The summed E-state index contributed by atoms with van der Waals surface area (Å²) in [5, 5.41) is 8.39. The van der Waals surface area contributed by atoms with Gasteiger partial charge in [-0.25, -0.2) is 4.79 Å². The highest BCUT2D eigenvalue weighted by molar-refractivity contribution is 6.04. The normalized spacial score (nSPS) is 12.8. The molecule has 0 spiro atoms. The average molecular weight is 366 g/mol. The van der Waals surface area contributed by atoms with Crippen LogP contribution in [0.3, 0.4) is 0 Å². The minimum absolute atomic E-state index is 0.0636. The maximum atomic E-state index is 12.4.